The summed E-state index contributed by atoms with van der Waals surface area (Å²) in [6, 6.07) is 12.0. The largest absolute Gasteiger partial charge is 0.480 e. The molecule has 0 radical (unpaired) electrons. The number of rotatable bonds is 5. The number of carbonyl (C=O) groups is 2. The molecule has 0 fully saturated rings. The lowest BCUT2D eigenvalue weighted by Gasteiger charge is -2.05. The number of hydrogen-bond acceptors (Lipinski definition) is 3. The van der Waals surface area contributed by atoms with Crippen LogP contribution in [0, 0.1) is 5.82 Å². The molecular formula is C19H17FN2O3. The molecule has 1 unspecified atom stereocenters. The zero-order chi connectivity index (χ0) is 18.0. The van der Waals surface area contributed by atoms with E-state index >= 15 is 0 Å². The number of benzene rings is 2. The van der Waals surface area contributed by atoms with Gasteiger partial charge in [-0.25, -0.2) is 4.39 Å². The van der Waals surface area contributed by atoms with Crippen molar-refractivity contribution in [2.24, 2.45) is 5.73 Å². The minimum Gasteiger partial charge on any atom is -0.480 e. The van der Waals surface area contributed by atoms with Gasteiger partial charge < -0.3 is 10.8 Å². The van der Waals surface area contributed by atoms with E-state index in [0.29, 0.717) is 16.6 Å². The van der Waals surface area contributed by atoms with Crippen molar-refractivity contribution < 1.29 is 19.1 Å². The summed E-state index contributed by atoms with van der Waals surface area (Å²) >= 11 is 0. The molecule has 0 saturated carbocycles. The molecule has 5 nitrogen and oxygen atoms in total. The Hall–Kier alpha value is -2.99. The first-order chi connectivity index (χ1) is 12.0. The summed E-state index contributed by atoms with van der Waals surface area (Å²) < 4.78 is 14.5. The number of carbonyl (C=O) groups excluding carboxylic acids is 1. The van der Waals surface area contributed by atoms with E-state index in [-0.39, 0.29) is 24.6 Å². The molecule has 0 aliphatic heterocycles. The summed E-state index contributed by atoms with van der Waals surface area (Å²) in [7, 11) is 0. The summed E-state index contributed by atoms with van der Waals surface area (Å²) in [5.41, 5.74) is 7.74. The normalized spacial score (nSPS) is 12.2. The molecule has 0 amide bonds. The van der Waals surface area contributed by atoms with E-state index in [1.54, 1.807) is 24.4 Å². The van der Waals surface area contributed by atoms with Crippen LogP contribution in [0.2, 0.25) is 0 Å². The third-order valence-electron chi connectivity index (χ3n) is 4.09. The minimum absolute atomic E-state index is 0.114. The fourth-order valence-electron chi connectivity index (χ4n) is 2.81. The molecule has 6 heteroatoms. The first-order valence-corrected chi connectivity index (χ1v) is 7.80. The highest BCUT2D eigenvalue weighted by Crippen LogP contribution is 2.23. The molecule has 0 aliphatic rings. The predicted octanol–water partition coefficient (Wildman–Crippen LogP) is 2.62. The molecule has 3 aromatic rings. The number of hydrogen-bond donors (Lipinski definition) is 2. The van der Waals surface area contributed by atoms with Gasteiger partial charge in [-0.2, -0.15) is 0 Å². The van der Waals surface area contributed by atoms with Gasteiger partial charge in [0.2, 0.25) is 5.91 Å². The Labute approximate surface area is 143 Å². The van der Waals surface area contributed by atoms with Crippen molar-refractivity contribution in [1.29, 1.82) is 0 Å². The smallest absolute Gasteiger partial charge is 0.320 e. The molecule has 1 aromatic heterocycles. The van der Waals surface area contributed by atoms with Gasteiger partial charge >= 0.3 is 5.97 Å². The standard InChI is InChI=1S/C19H17FN2O3/c20-14-7-5-12(6-8-14)9-18(23)22-11-13(10-16(21)19(24)25)15-3-1-2-4-17(15)22/h1-8,11,16H,9-10,21H2,(H,24,25). The Balaban J connectivity index is 1.94. The molecule has 3 rings (SSSR count). The third kappa shape index (κ3) is 3.59. The molecule has 128 valence electrons. The summed E-state index contributed by atoms with van der Waals surface area (Å²) in [6.45, 7) is 0. The number of fused-ring (bicyclic) bond motifs is 1. The van der Waals surface area contributed by atoms with E-state index in [1.807, 2.05) is 18.2 Å². The maximum Gasteiger partial charge on any atom is 0.320 e. The lowest BCUT2D eigenvalue weighted by atomic mass is 10.1. The number of carboxylic acid groups (broad SMARTS) is 1. The van der Waals surface area contributed by atoms with Crippen LogP contribution in [0.1, 0.15) is 15.9 Å². The van der Waals surface area contributed by atoms with Gasteiger partial charge in [0.15, 0.2) is 0 Å². The Morgan fingerprint density at radius 1 is 1.12 bits per heavy atom. The molecule has 1 atom stereocenters. The van der Waals surface area contributed by atoms with Crippen LogP contribution in [-0.4, -0.2) is 27.6 Å². The molecule has 0 spiro atoms. The lowest BCUT2D eigenvalue weighted by molar-refractivity contribution is -0.138. The van der Waals surface area contributed by atoms with Crippen LogP contribution in [0.3, 0.4) is 0 Å². The Bertz CT molecular complexity index is 931. The quantitative estimate of drug-likeness (QED) is 0.748. The number of para-hydroxylation sites is 1. The minimum atomic E-state index is -1.09. The topological polar surface area (TPSA) is 85.3 Å². The van der Waals surface area contributed by atoms with Gasteiger partial charge in [0.05, 0.1) is 11.9 Å². The van der Waals surface area contributed by atoms with Crippen molar-refractivity contribution in [2.75, 3.05) is 0 Å². The summed E-state index contributed by atoms with van der Waals surface area (Å²) in [5.74, 6) is -1.63. The van der Waals surface area contributed by atoms with Gasteiger partial charge in [-0.15, -0.1) is 0 Å². The van der Waals surface area contributed by atoms with Crippen LogP contribution in [0.5, 0.6) is 0 Å². The lowest BCUT2D eigenvalue weighted by Crippen LogP contribution is -2.32. The highest BCUT2D eigenvalue weighted by Gasteiger charge is 2.18. The third-order valence-corrected chi connectivity index (χ3v) is 4.09. The average molecular weight is 340 g/mol. The number of aromatic nitrogens is 1. The highest BCUT2D eigenvalue weighted by atomic mass is 19.1. The number of carboxylic acids is 1. The van der Waals surface area contributed by atoms with E-state index < -0.39 is 12.0 Å². The van der Waals surface area contributed by atoms with Crippen LogP contribution >= 0.6 is 0 Å². The summed E-state index contributed by atoms with van der Waals surface area (Å²) in [5, 5.41) is 9.82. The van der Waals surface area contributed by atoms with Crippen molar-refractivity contribution in [1.82, 2.24) is 4.57 Å². The number of halogens is 1. The van der Waals surface area contributed by atoms with Crippen molar-refractivity contribution in [3.63, 3.8) is 0 Å². The van der Waals surface area contributed by atoms with Crippen molar-refractivity contribution in [3.05, 3.63) is 71.7 Å². The fourth-order valence-corrected chi connectivity index (χ4v) is 2.81. The van der Waals surface area contributed by atoms with E-state index in [9.17, 15) is 14.0 Å². The van der Waals surface area contributed by atoms with Gasteiger partial charge in [0, 0.05) is 18.0 Å². The van der Waals surface area contributed by atoms with Gasteiger partial charge in [0.1, 0.15) is 11.9 Å². The molecule has 1 heterocycles. The molecule has 0 bridgehead atoms. The van der Waals surface area contributed by atoms with E-state index in [2.05, 4.69) is 0 Å². The van der Waals surface area contributed by atoms with E-state index in [0.717, 1.165) is 5.39 Å². The second kappa shape index (κ2) is 6.86. The SMILES string of the molecule is NC(Cc1cn(C(=O)Cc2ccc(F)cc2)c2ccccc12)C(=O)O. The first-order valence-electron chi connectivity index (χ1n) is 7.80. The van der Waals surface area contributed by atoms with Crippen molar-refractivity contribution in [3.8, 4) is 0 Å². The van der Waals surface area contributed by atoms with Gasteiger partial charge in [0.25, 0.3) is 0 Å². The first kappa shape index (κ1) is 16.9. The van der Waals surface area contributed by atoms with Crippen molar-refractivity contribution >= 4 is 22.8 Å². The van der Waals surface area contributed by atoms with E-state index in [1.165, 1.54) is 16.7 Å². The maximum absolute atomic E-state index is 13.0. The second-order valence-corrected chi connectivity index (χ2v) is 5.89. The van der Waals surface area contributed by atoms with E-state index in [4.69, 9.17) is 10.8 Å². The predicted molar refractivity (Wildman–Crippen MR) is 92.0 cm³/mol. The molecule has 25 heavy (non-hydrogen) atoms. The second-order valence-electron chi connectivity index (χ2n) is 5.89. The number of nitrogens with zero attached hydrogens (tertiary/aromatic N) is 1. The molecule has 2 aromatic carbocycles. The Morgan fingerprint density at radius 2 is 1.80 bits per heavy atom. The van der Waals surface area contributed by atoms with Gasteiger partial charge in [-0.05, 0) is 29.3 Å². The summed E-state index contributed by atoms with van der Waals surface area (Å²) in [4.78, 5) is 23.7. The number of nitrogens with two attached hydrogens (primary N) is 1. The fraction of sp³-hybridized carbons (Fsp3) is 0.158. The monoisotopic (exact) mass is 340 g/mol. The number of aliphatic carboxylic acids is 1. The highest BCUT2D eigenvalue weighted by molar-refractivity contribution is 5.95. The van der Waals surface area contributed by atoms with Crippen LogP contribution in [0.4, 0.5) is 4.39 Å². The van der Waals surface area contributed by atoms with Crippen LogP contribution in [0.25, 0.3) is 10.9 Å². The van der Waals surface area contributed by atoms with Crippen LogP contribution < -0.4 is 5.73 Å². The maximum atomic E-state index is 13.0. The Morgan fingerprint density at radius 3 is 2.48 bits per heavy atom. The van der Waals surface area contributed by atoms with Crippen LogP contribution in [-0.2, 0) is 17.6 Å². The van der Waals surface area contributed by atoms with Gasteiger partial charge in [-0.3, -0.25) is 14.2 Å². The Kier molecular flexibility index (Phi) is 4.63. The molecule has 3 N–H and O–H groups in total. The van der Waals surface area contributed by atoms with Gasteiger partial charge in [-0.1, -0.05) is 30.3 Å². The summed E-state index contributed by atoms with van der Waals surface area (Å²) in [6.07, 6.45) is 1.88. The molecule has 0 aliphatic carbocycles. The molecule has 0 saturated heterocycles. The molecular weight excluding hydrogens is 323 g/mol. The zero-order valence-electron chi connectivity index (χ0n) is 13.4. The van der Waals surface area contributed by atoms with Crippen LogP contribution in [0.15, 0.2) is 54.7 Å². The average Bonchev–Trinajstić information content (AvgIpc) is 2.96. The zero-order valence-corrected chi connectivity index (χ0v) is 13.4. The van der Waals surface area contributed by atoms with Crippen molar-refractivity contribution in [2.45, 2.75) is 18.9 Å².